The van der Waals surface area contributed by atoms with Crippen molar-refractivity contribution in [1.82, 2.24) is 15.0 Å². The zero-order valence-electron chi connectivity index (χ0n) is 9.09. The Bertz CT molecular complexity index is 470. The summed E-state index contributed by atoms with van der Waals surface area (Å²) in [6.07, 6.45) is 4.10. The predicted octanol–water partition coefficient (Wildman–Crippen LogP) is 1.21. The van der Waals surface area contributed by atoms with Crippen LogP contribution in [0.4, 0.5) is 5.82 Å². The molecular formula is C11H14N4O. The molecule has 2 aromatic heterocycles. The van der Waals surface area contributed by atoms with E-state index >= 15 is 0 Å². The molecule has 2 rings (SSSR count). The Morgan fingerprint density at radius 1 is 1.31 bits per heavy atom. The van der Waals surface area contributed by atoms with Crippen molar-refractivity contribution in [3.63, 3.8) is 0 Å². The third-order valence-electron chi connectivity index (χ3n) is 2.40. The van der Waals surface area contributed by atoms with Gasteiger partial charge >= 0.3 is 0 Å². The Morgan fingerprint density at radius 2 is 2.12 bits per heavy atom. The van der Waals surface area contributed by atoms with E-state index in [9.17, 15) is 0 Å². The van der Waals surface area contributed by atoms with E-state index in [4.69, 9.17) is 5.11 Å². The maximum atomic E-state index is 9.08. The van der Waals surface area contributed by atoms with Crippen LogP contribution in [0.15, 0.2) is 24.5 Å². The van der Waals surface area contributed by atoms with Gasteiger partial charge in [0.25, 0.3) is 0 Å². The number of anilines is 1. The number of aliphatic hydroxyl groups excluding tert-OH is 1. The topological polar surface area (TPSA) is 70.9 Å². The van der Waals surface area contributed by atoms with Gasteiger partial charge in [0.15, 0.2) is 5.65 Å². The lowest BCUT2D eigenvalue weighted by Gasteiger charge is -2.14. The monoisotopic (exact) mass is 218 g/mol. The van der Waals surface area contributed by atoms with Gasteiger partial charge in [-0.25, -0.2) is 9.97 Å². The van der Waals surface area contributed by atoms with Crippen molar-refractivity contribution in [2.24, 2.45) is 0 Å². The number of fused-ring (bicyclic) bond motifs is 1. The molecule has 5 heteroatoms. The Morgan fingerprint density at radius 3 is 2.88 bits per heavy atom. The van der Waals surface area contributed by atoms with E-state index in [1.165, 1.54) is 0 Å². The van der Waals surface area contributed by atoms with Crippen molar-refractivity contribution in [3.8, 4) is 0 Å². The van der Waals surface area contributed by atoms with Gasteiger partial charge in [-0.05, 0) is 18.6 Å². The number of pyridine rings is 1. The molecule has 2 heterocycles. The van der Waals surface area contributed by atoms with Gasteiger partial charge in [-0.3, -0.25) is 4.98 Å². The normalized spacial score (nSPS) is 12.6. The van der Waals surface area contributed by atoms with E-state index < -0.39 is 0 Å². The summed E-state index contributed by atoms with van der Waals surface area (Å²) in [7, 11) is 0. The van der Waals surface area contributed by atoms with Gasteiger partial charge in [0.05, 0.1) is 12.6 Å². The highest BCUT2D eigenvalue weighted by atomic mass is 16.3. The summed E-state index contributed by atoms with van der Waals surface area (Å²) in [6, 6.07) is 3.73. The third-order valence-corrected chi connectivity index (χ3v) is 2.40. The molecule has 0 aromatic carbocycles. The minimum Gasteiger partial charge on any atom is -0.394 e. The first-order valence-electron chi connectivity index (χ1n) is 5.28. The number of aliphatic hydroxyl groups is 1. The third kappa shape index (κ3) is 2.25. The predicted molar refractivity (Wildman–Crippen MR) is 62.1 cm³/mol. The first-order chi connectivity index (χ1) is 7.83. The Balaban J connectivity index is 2.25. The molecular weight excluding hydrogens is 204 g/mol. The van der Waals surface area contributed by atoms with Gasteiger partial charge in [0.1, 0.15) is 11.3 Å². The summed E-state index contributed by atoms with van der Waals surface area (Å²) in [5.41, 5.74) is 1.38. The van der Waals surface area contributed by atoms with Crippen LogP contribution in [0, 0.1) is 0 Å². The van der Waals surface area contributed by atoms with Crippen LogP contribution in [0.2, 0.25) is 0 Å². The van der Waals surface area contributed by atoms with Crippen molar-refractivity contribution in [2.45, 2.75) is 19.4 Å². The summed E-state index contributed by atoms with van der Waals surface area (Å²) in [4.78, 5) is 12.6. The van der Waals surface area contributed by atoms with E-state index in [-0.39, 0.29) is 12.6 Å². The number of rotatable bonds is 4. The van der Waals surface area contributed by atoms with Crippen LogP contribution in [0.1, 0.15) is 13.3 Å². The first kappa shape index (κ1) is 10.8. The Labute approximate surface area is 93.6 Å². The molecule has 0 saturated heterocycles. The molecule has 1 unspecified atom stereocenters. The molecule has 2 N–H and O–H groups in total. The van der Waals surface area contributed by atoms with Gasteiger partial charge in [0, 0.05) is 12.4 Å². The fraction of sp³-hybridized carbons (Fsp3) is 0.364. The SMILES string of the molecule is CCC(CO)Nc1ccc2nccnc2n1. The van der Waals surface area contributed by atoms with Crippen molar-refractivity contribution in [3.05, 3.63) is 24.5 Å². The molecule has 0 saturated carbocycles. The van der Waals surface area contributed by atoms with Crippen LogP contribution in [-0.4, -0.2) is 32.7 Å². The number of hydrogen-bond donors (Lipinski definition) is 2. The maximum Gasteiger partial charge on any atom is 0.180 e. The standard InChI is InChI=1S/C11H14N4O/c1-2-8(7-16)14-10-4-3-9-11(15-10)13-6-5-12-9/h3-6,8,16H,2,7H2,1H3,(H,13,14,15). The minimum absolute atomic E-state index is 0.0293. The molecule has 0 bridgehead atoms. The Hall–Kier alpha value is -1.75. The van der Waals surface area contributed by atoms with Crippen LogP contribution in [0.3, 0.4) is 0 Å². The number of aromatic nitrogens is 3. The highest BCUT2D eigenvalue weighted by Crippen LogP contribution is 2.11. The molecule has 0 aliphatic rings. The van der Waals surface area contributed by atoms with Crippen molar-refractivity contribution < 1.29 is 5.11 Å². The molecule has 16 heavy (non-hydrogen) atoms. The van der Waals surface area contributed by atoms with Crippen molar-refractivity contribution >= 4 is 17.0 Å². The van der Waals surface area contributed by atoms with Crippen LogP contribution < -0.4 is 5.32 Å². The number of nitrogens with zero attached hydrogens (tertiary/aromatic N) is 3. The average Bonchev–Trinajstić information content (AvgIpc) is 2.35. The molecule has 0 radical (unpaired) electrons. The molecule has 0 aliphatic heterocycles. The minimum atomic E-state index is 0.0293. The number of nitrogens with one attached hydrogen (secondary N) is 1. The highest BCUT2D eigenvalue weighted by Gasteiger charge is 2.05. The number of hydrogen-bond acceptors (Lipinski definition) is 5. The highest BCUT2D eigenvalue weighted by molar-refractivity contribution is 5.71. The molecule has 5 nitrogen and oxygen atoms in total. The fourth-order valence-corrected chi connectivity index (χ4v) is 1.42. The van der Waals surface area contributed by atoms with E-state index in [2.05, 4.69) is 20.3 Å². The Kier molecular flexibility index (Phi) is 3.26. The van der Waals surface area contributed by atoms with E-state index in [1.54, 1.807) is 12.4 Å². The summed E-state index contributed by atoms with van der Waals surface area (Å²) < 4.78 is 0. The van der Waals surface area contributed by atoms with E-state index in [1.807, 2.05) is 19.1 Å². The molecule has 0 fully saturated rings. The molecule has 0 amide bonds. The van der Waals surface area contributed by atoms with Gasteiger partial charge in [-0.15, -0.1) is 0 Å². The van der Waals surface area contributed by atoms with Crippen molar-refractivity contribution in [1.29, 1.82) is 0 Å². The molecule has 84 valence electrons. The van der Waals surface area contributed by atoms with Gasteiger partial charge < -0.3 is 10.4 Å². The summed E-state index contributed by atoms with van der Waals surface area (Å²) in [6.45, 7) is 2.10. The lowest BCUT2D eigenvalue weighted by atomic mass is 10.2. The maximum absolute atomic E-state index is 9.08. The van der Waals surface area contributed by atoms with Crippen molar-refractivity contribution in [2.75, 3.05) is 11.9 Å². The average molecular weight is 218 g/mol. The smallest absolute Gasteiger partial charge is 0.180 e. The van der Waals surface area contributed by atoms with Gasteiger partial charge in [-0.1, -0.05) is 6.92 Å². The summed E-state index contributed by atoms with van der Waals surface area (Å²) in [5, 5.41) is 12.2. The van der Waals surface area contributed by atoms with Gasteiger partial charge in [0.2, 0.25) is 0 Å². The molecule has 0 aliphatic carbocycles. The largest absolute Gasteiger partial charge is 0.394 e. The summed E-state index contributed by atoms with van der Waals surface area (Å²) >= 11 is 0. The van der Waals surface area contributed by atoms with E-state index in [0.717, 1.165) is 11.9 Å². The second kappa shape index (κ2) is 4.85. The molecule has 2 aromatic rings. The second-order valence-corrected chi connectivity index (χ2v) is 3.53. The quantitative estimate of drug-likeness (QED) is 0.807. The zero-order chi connectivity index (χ0) is 11.4. The molecule has 1 atom stereocenters. The first-order valence-corrected chi connectivity index (χ1v) is 5.28. The van der Waals surface area contributed by atoms with Crippen LogP contribution in [0.5, 0.6) is 0 Å². The second-order valence-electron chi connectivity index (χ2n) is 3.53. The van der Waals surface area contributed by atoms with Crippen LogP contribution >= 0.6 is 0 Å². The van der Waals surface area contributed by atoms with Crippen LogP contribution in [0.25, 0.3) is 11.2 Å². The van der Waals surface area contributed by atoms with Crippen LogP contribution in [-0.2, 0) is 0 Å². The fourth-order valence-electron chi connectivity index (χ4n) is 1.42. The zero-order valence-corrected chi connectivity index (χ0v) is 9.09. The summed E-state index contributed by atoms with van der Waals surface area (Å²) in [5.74, 6) is 0.717. The van der Waals surface area contributed by atoms with E-state index in [0.29, 0.717) is 11.5 Å². The van der Waals surface area contributed by atoms with Gasteiger partial charge in [-0.2, -0.15) is 0 Å². The lowest BCUT2D eigenvalue weighted by molar-refractivity contribution is 0.271. The lowest BCUT2D eigenvalue weighted by Crippen LogP contribution is -2.23. The molecule has 0 spiro atoms.